The molecular formula is C13H19N3OS. The fourth-order valence-corrected chi connectivity index (χ4v) is 3.52. The first-order chi connectivity index (χ1) is 8.63. The molecule has 1 aromatic heterocycles. The molecule has 1 aliphatic heterocycles. The number of nitrogens with zero attached hydrogens (tertiary/aromatic N) is 2. The molecule has 1 saturated carbocycles. The standard InChI is InChI=1S/C13H19N3OS/c1-8-5-16(6-9(2)14-8)13(17)11-7-18-12(15-11)10-3-4-10/h7-10,14H,3-6H2,1-2H3/t8-,9-/m1/s1. The molecule has 1 amide bonds. The van der Waals surface area contributed by atoms with E-state index in [1.807, 2.05) is 10.3 Å². The van der Waals surface area contributed by atoms with Crippen molar-refractivity contribution in [3.63, 3.8) is 0 Å². The van der Waals surface area contributed by atoms with E-state index < -0.39 is 0 Å². The first-order valence-electron chi connectivity index (χ1n) is 6.64. The summed E-state index contributed by atoms with van der Waals surface area (Å²) in [6, 6.07) is 0.721. The van der Waals surface area contributed by atoms with Crippen molar-refractivity contribution in [2.75, 3.05) is 13.1 Å². The lowest BCUT2D eigenvalue weighted by atomic mass is 10.1. The monoisotopic (exact) mass is 265 g/mol. The summed E-state index contributed by atoms with van der Waals surface area (Å²) in [7, 11) is 0. The van der Waals surface area contributed by atoms with E-state index in [9.17, 15) is 4.79 Å². The van der Waals surface area contributed by atoms with Gasteiger partial charge in [0.05, 0.1) is 5.01 Å². The molecular weight excluding hydrogens is 246 g/mol. The molecule has 18 heavy (non-hydrogen) atoms. The number of carbonyl (C=O) groups excluding carboxylic acids is 1. The third kappa shape index (κ3) is 2.42. The van der Waals surface area contributed by atoms with E-state index in [1.54, 1.807) is 11.3 Å². The van der Waals surface area contributed by atoms with Crippen molar-refractivity contribution in [2.24, 2.45) is 0 Å². The van der Waals surface area contributed by atoms with Crippen LogP contribution in [0.5, 0.6) is 0 Å². The van der Waals surface area contributed by atoms with Crippen molar-refractivity contribution in [3.8, 4) is 0 Å². The Balaban J connectivity index is 1.72. The lowest BCUT2D eigenvalue weighted by molar-refractivity contribution is 0.0668. The van der Waals surface area contributed by atoms with Gasteiger partial charge in [0, 0.05) is 36.5 Å². The number of hydrogen-bond donors (Lipinski definition) is 1. The van der Waals surface area contributed by atoms with Gasteiger partial charge in [0.25, 0.3) is 5.91 Å². The maximum absolute atomic E-state index is 12.4. The highest BCUT2D eigenvalue weighted by Gasteiger charge is 2.30. The van der Waals surface area contributed by atoms with E-state index in [2.05, 4.69) is 24.1 Å². The largest absolute Gasteiger partial charge is 0.334 e. The van der Waals surface area contributed by atoms with Crippen LogP contribution >= 0.6 is 11.3 Å². The maximum Gasteiger partial charge on any atom is 0.273 e. The third-order valence-electron chi connectivity index (χ3n) is 3.51. The summed E-state index contributed by atoms with van der Waals surface area (Å²) in [4.78, 5) is 18.8. The maximum atomic E-state index is 12.4. The van der Waals surface area contributed by atoms with E-state index in [0.717, 1.165) is 18.1 Å². The van der Waals surface area contributed by atoms with Crippen LogP contribution in [0.1, 0.15) is 48.1 Å². The first-order valence-corrected chi connectivity index (χ1v) is 7.52. The van der Waals surface area contributed by atoms with Gasteiger partial charge in [0.1, 0.15) is 5.69 Å². The van der Waals surface area contributed by atoms with Crippen LogP contribution in [0.25, 0.3) is 0 Å². The Hall–Kier alpha value is -0.940. The smallest absolute Gasteiger partial charge is 0.273 e. The van der Waals surface area contributed by atoms with E-state index in [-0.39, 0.29) is 5.91 Å². The average molecular weight is 265 g/mol. The van der Waals surface area contributed by atoms with E-state index in [0.29, 0.717) is 23.7 Å². The van der Waals surface area contributed by atoms with Gasteiger partial charge in [0.15, 0.2) is 0 Å². The molecule has 1 N–H and O–H groups in total. The molecule has 0 radical (unpaired) electrons. The summed E-state index contributed by atoms with van der Waals surface area (Å²) >= 11 is 1.64. The molecule has 1 saturated heterocycles. The summed E-state index contributed by atoms with van der Waals surface area (Å²) in [5.74, 6) is 0.732. The van der Waals surface area contributed by atoms with Gasteiger partial charge in [-0.25, -0.2) is 4.98 Å². The number of piperazine rings is 1. The minimum Gasteiger partial charge on any atom is -0.334 e. The number of thiazole rings is 1. The molecule has 1 aromatic rings. The molecule has 0 spiro atoms. The van der Waals surface area contributed by atoms with E-state index >= 15 is 0 Å². The van der Waals surface area contributed by atoms with Gasteiger partial charge in [-0.2, -0.15) is 0 Å². The lowest BCUT2D eigenvalue weighted by Crippen LogP contribution is -2.55. The van der Waals surface area contributed by atoms with Crippen LogP contribution < -0.4 is 5.32 Å². The van der Waals surface area contributed by atoms with Crippen molar-refractivity contribution >= 4 is 17.2 Å². The molecule has 4 nitrogen and oxygen atoms in total. The van der Waals surface area contributed by atoms with Gasteiger partial charge in [0.2, 0.25) is 0 Å². The summed E-state index contributed by atoms with van der Waals surface area (Å²) in [5.41, 5.74) is 0.642. The van der Waals surface area contributed by atoms with Crippen LogP contribution in [0.15, 0.2) is 5.38 Å². The predicted molar refractivity (Wildman–Crippen MR) is 72.1 cm³/mol. The summed E-state index contributed by atoms with van der Waals surface area (Å²) in [6.07, 6.45) is 2.48. The van der Waals surface area contributed by atoms with Gasteiger partial charge in [-0.05, 0) is 26.7 Å². The summed E-state index contributed by atoms with van der Waals surface area (Å²) in [5, 5.41) is 6.51. The van der Waals surface area contributed by atoms with Gasteiger partial charge >= 0.3 is 0 Å². The molecule has 1 aliphatic carbocycles. The molecule has 2 fully saturated rings. The third-order valence-corrected chi connectivity index (χ3v) is 4.52. The fraction of sp³-hybridized carbons (Fsp3) is 0.692. The Labute approximate surface area is 111 Å². The van der Waals surface area contributed by atoms with Crippen LogP contribution in [0.3, 0.4) is 0 Å². The van der Waals surface area contributed by atoms with Crippen LogP contribution in [0, 0.1) is 0 Å². The normalized spacial score (nSPS) is 28.4. The Bertz CT molecular complexity index is 445. The molecule has 2 aliphatic rings. The van der Waals surface area contributed by atoms with Gasteiger partial charge in [-0.3, -0.25) is 4.79 Å². The van der Waals surface area contributed by atoms with Gasteiger partial charge in [-0.1, -0.05) is 0 Å². The first kappa shape index (κ1) is 12.1. The van der Waals surface area contributed by atoms with Crippen molar-refractivity contribution in [3.05, 3.63) is 16.1 Å². The number of aromatic nitrogens is 1. The Morgan fingerprint density at radius 3 is 2.67 bits per heavy atom. The fourth-order valence-electron chi connectivity index (χ4n) is 2.56. The zero-order valence-electron chi connectivity index (χ0n) is 10.8. The van der Waals surface area contributed by atoms with E-state index in [1.165, 1.54) is 12.8 Å². The quantitative estimate of drug-likeness (QED) is 0.887. The van der Waals surface area contributed by atoms with Crippen LogP contribution in [-0.2, 0) is 0 Å². The molecule has 5 heteroatoms. The van der Waals surface area contributed by atoms with Crippen LogP contribution in [0.2, 0.25) is 0 Å². The zero-order chi connectivity index (χ0) is 12.7. The molecule has 3 rings (SSSR count). The highest BCUT2D eigenvalue weighted by molar-refractivity contribution is 7.10. The minimum absolute atomic E-state index is 0.0957. The number of nitrogens with one attached hydrogen (secondary N) is 1. The molecule has 0 aromatic carbocycles. The van der Waals surface area contributed by atoms with Crippen LogP contribution in [-0.4, -0.2) is 41.0 Å². The SMILES string of the molecule is C[C@@H]1CN(C(=O)c2csc(C3CC3)n2)C[C@@H](C)N1. The second kappa shape index (κ2) is 4.63. The molecule has 2 atom stereocenters. The van der Waals surface area contributed by atoms with Crippen molar-refractivity contribution < 1.29 is 4.79 Å². The van der Waals surface area contributed by atoms with Crippen LogP contribution in [0.4, 0.5) is 0 Å². The topological polar surface area (TPSA) is 45.2 Å². The minimum atomic E-state index is 0.0957. The number of carbonyl (C=O) groups is 1. The average Bonchev–Trinajstić information content (AvgIpc) is 3.05. The number of amides is 1. The number of rotatable bonds is 2. The highest BCUT2D eigenvalue weighted by atomic mass is 32.1. The second-order valence-electron chi connectivity index (χ2n) is 5.52. The summed E-state index contributed by atoms with van der Waals surface area (Å²) < 4.78 is 0. The molecule has 0 unspecified atom stereocenters. The molecule has 98 valence electrons. The van der Waals surface area contributed by atoms with Crippen molar-refractivity contribution in [1.29, 1.82) is 0 Å². The van der Waals surface area contributed by atoms with Crippen molar-refractivity contribution in [1.82, 2.24) is 15.2 Å². The Morgan fingerprint density at radius 1 is 1.39 bits per heavy atom. The lowest BCUT2D eigenvalue weighted by Gasteiger charge is -2.35. The predicted octanol–water partition coefficient (Wildman–Crippen LogP) is 1.84. The number of hydrogen-bond acceptors (Lipinski definition) is 4. The Morgan fingerprint density at radius 2 is 2.06 bits per heavy atom. The van der Waals surface area contributed by atoms with Crippen molar-refractivity contribution in [2.45, 2.75) is 44.7 Å². The zero-order valence-corrected chi connectivity index (χ0v) is 11.7. The molecule has 2 heterocycles. The second-order valence-corrected chi connectivity index (χ2v) is 6.41. The Kier molecular flexibility index (Phi) is 3.11. The van der Waals surface area contributed by atoms with E-state index in [4.69, 9.17) is 0 Å². The highest BCUT2D eigenvalue weighted by Crippen LogP contribution is 2.41. The van der Waals surface area contributed by atoms with Gasteiger partial charge < -0.3 is 10.2 Å². The molecule has 0 bridgehead atoms. The van der Waals surface area contributed by atoms with Gasteiger partial charge in [-0.15, -0.1) is 11.3 Å². The summed E-state index contributed by atoms with van der Waals surface area (Å²) in [6.45, 7) is 5.79.